The fourth-order valence-electron chi connectivity index (χ4n) is 3.60. The van der Waals surface area contributed by atoms with Gasteiger partial charge in [0.25, 0.3) is 0 Å². The molecule has 2 aliphatic rings. The van der Waals surface area contributed by atoms with Gasteiger partial charge in [0.05, 0.1) is 0 Å². The molecule has 2 amide bonds. The van der Waals surface area contributed by atoms with Crippen LogP contribution < -0.4 is 0 Å². The van der Waals surface area contributed by atoms with E-state index in [1.807, 2.05) is 13.8 Å². The largest absolute Gasteiger partial charge is 0.480 e. The van der Waals surface area contributed by atoms with Crippen LogP contribution in [0.3, 0.4) is 0 Å². The number of carbonyl (C=O) groups excluding carboxylic acids is 2. The Bertz CT molecular complexity index is 650. The normalized spacial score (nSPS) is 25.6. The van der Waals surface area contributed by atoms with Crippen LogP contribution in [0.2, 0.25) is 0 Å². The molecule has 0 bridgehead atoms. The van der Waals surface area contributed by atoms with Gasteiger partial charge in [-0.05, 0) is 66.2 Å². The lowest BCUT2D eigenvalue weighted by Crippen LogP contribution is -2.43. The van der Waals surface area contributed by atoms with Gasteiger partial charge in [0.1, 0.15) is 23.3 Å². The van der Waals surface area contributed by atoms with Gasteiger partial charge in [0.2, 0.25) is 0 Å². The summed E-state index contributed by atoms with van der Waals surface area (Å²) in [6.45, 7) is 15.3. The second-order valence-electron chi connectivity index (χ2n) is 10.7. The van der Waals surface area contributed by atoms with Crippen LogP contribution in [0.25, 0.3) is 0 Å². The summed E-state index contributed by atoms with van der Waals surface area (Å²) in [5.41, 5.74) is -1.18. The molecule has 0 saturated carbocycles. The van der Waals surface area contributed by atoms with E-state index in [0.717, 1.165) is 0 Å². The average molecular weight is 459 g/mol. The van der Waals surface area contributed by atoms with Crippen LogP contribution in [0.4, 0.5) is 9.59 Å². The van der Waals surface area contributed by atoms with Gasteiger partial charge < -0.3 is 19.7 Å². The van der Waals surface area contributed by atoms with Gasteiger partial charge in [0.15, 0.2) is 0 Å². The van der Waals surface area contributed by atoms with Gasteiger partial charge in [-0.25, -0.2) is 19.2 Å². The lowest BCUT2D eigenvalue weighted by Gasteiger charge is -2.26. The lowest BCUT2D eigenvalue weighted by molar-refractivity contribution is -0.142. The molecule has 184 valence electrons. The van der Waals surface area contributed by atoms with Crippen LogP contribution in [0.5, 0.6) is 0 Å². The number of carboxylic acids is 2. The topological polar surface area (TPSA) is 134 Å². The summed E-state index contributed by atoms with van der Waals surface area (Å²) >= 11 is 0. The van der Waals surface area contributed by atoms with Gasteiger partial charge in [-0.2, -0.15) is 0 Å². The maximum absolute atomic E-state index is 11.8. The molecule has 2 aliphatic heterocycles. The smallest absolute Gasteiger partial charge is 0.411 e. The van der Waals surface area contributed by atoms with Crippen molar-refractivity contribution in [3.8, 4) is 0 Å². The monoisotopic (exact) mass is 458 g/mol. The van der Waals surface area contributed by atoms with Gasteiger partial charge in [-0.3, -0.25) is 9.80 Å². The number of ether oxygens (including phenoxy) is 2. The van der Waals surface area contributed by atoms with Crippen LogP contribution in [-0.4, -0.2) is 80.5 Å². The third-order valence-electron chi connectivity index (χ3n) is 4.85. The van der Waals surface area contributed by atoms with Crippen molar-refractivity contribution in [3.05, 3.63) is 0 Å². The number of aliphatic carboxylic acids is 2. The molecule has 10 heteroatoms. The highest BCUT2D eigenvalue weighted by molar-refractivity contribution is 5.81. The second kappa shape index (κ2) is 10.4. The molecule has 4 atom stereocenters. The van der Waals surface area contributed by atoms with Crippen LogP contribution in [0.1, 0.15) is 68.2 Å². The number of carboxylic acid groups (broad SMARTS) is 2. The quantitative estimate of drug-likeness (QED) is 0.643. The van der Waals surface area contributed by atoms with Crippen LogP contribution in [-0.2, 0) is 19.1 Å². The maximum atomic E-state index is 11.8. The molecule has 2 heterocycles. The fourth-order valence-corrected chi connectivity index (χ4v) is 3.60. The Morgan fingerprint density at radius 2 is 0.969 bits per heavy atom. The maximum Gasteiger partial charge on any atom is 0.411 e. The zero-order valence-electron chi connectivity index (χ0n) is 20.4. The molecular formula is C22H38N2O8. The van der Waals surface area contributed by atoms with Crippen molar-refractivity contribution in [1.29, 1.82) is 0 Å². The second-order valence-corrected chi connectivity index (χ2v) is 10.7. The van der Waals surface area contributed by atoms with E-state index in [1.165, 1.54) is 9.80 Å². The van der Waals surface area contributed by atoms with E-state index in [1.54, 1.807) is 41.5 Å². The first-order chi connectivity index (χ1) is 14.4. The minimum atomic E-state index is -0.963. The van der Waals surface area contributed by atoms with Gasteiger partial charge >= 0.3 is 24.1 Å². The highest BCUT2D eigenvalue weighted by Crippen LogP contribution is 2.26. The van der Waals surface area contributed by atoms with Crippen LogP contribution in [0.15, 0.2) is 0 Å². The molecule has 2 saturated heterocycles. The molecular weight excluding hydrogens is 420 g/mol. The summed E-state index contributed by atoms with van der Waals surface area (Å²) < 4.78 is 10.3. The van der Waals surface area contributed by atoms with E-state index in [-0.39, 0.29) is 11.8 Å². The van der Waals surface area contributed by atoms with E-state index in [4.69, 9.17) is 19.7 Å². The zero-order chi connectivity index (χ0) is 25.0. The number of amides is 2. The predicted molar refractivity (Wildman–Crippen MR) is 116 cm³/mol. The summed E-state index contributed by atoms with van der Waals surface area (Å²) in [5.74, 6) is -1.52. The SMILES string of the molecule is C[C@@H]1C[C@H](C(=O)O)N(C(=O)OC(C)(C)C)C1.C[C@H]1C[C@@H](C(=O)O)N(C(=O)OC(C)(C)C)C1. The first kappa shape index (κ1) is 27.5. The minimum absolute atomic E-state index is 0.202. The van der Waals surface area contributed by atoms with Crippen molar-refractivity contribution < 1.29 is 38.9 Å². The Hall–Kier alpha value is -2.52. The molecule has 32 heavy (non-hydrogen) atoms. The molecule has 0 spiro atoms. The molecule has 10 nitrogen and oxygen atoms in total. The van der Waals surface area contributed by atoms with E-state index in [0.29, 0.717) is 25.9 Å². The molecule has 2 rings (SSSR count). The molecule has 0 aromatic heterocycles. The number of likely N-dealkylation sites (tertiary alicyclic amines) is 2. The highest BCUT2D eigenvalue weighted by Gasteiger charge is 2.40. The van der Waals surface area contributed by atoms with Gasteiger partial charge in [-0.15, -0.1) is 0 Å². The number of hydrogen-bond donors (Lipinski definition) is 2. The van der Waals surface area contributed by atoms with Crippen molar-refractivity contribution in [2.24, 2.45) is 11.8 Å². The van der Waals surface area contributed by atoms with Gasteiger partial charge in [-0.1, -0.05) is 13.8 Å². The highest BCUT2D eigenvalue weighted by atomic mass is 16.6. The number of nitrogens with zero attached hydrogens (tertiary/aromatic N) is 2. The predicted octanol–water partition coefficient (Wildman–Crippen LogP) is 3.43. The Labute approximate surface area is 189 Å². The van der Waals surface area contributed by atoms with Crippen LogP contribution >= 0.6 is 0 Å². The van der Waals surface area contributed by atoms with E-state index >= 15 is 0 Å². The Morgan fingerprint density at radius 1 is 0.688 bits per heavy atom. The standard InChI is InChI=1S/2C11H19NO4/c2*1-7-5-8(9(13)14)12(6-7)10(15)16-11(2,3)4/h2*7-8H,5-6H2,1-4H3,(H,13,14)/t2*7-,8-/m10/s1. The fraction of sp³-hybridized carbons (Fsp3) is 0.818. The molecule has 0 aliphatic carbocycles. The molecule has 0 radical (unpaired) electrons. The summed E-state index contributed by atoms with van der Waals surface area (Å²) in [4.78, 5) is 48.1. The zero-order valence-corrected chi connectivity index (χ0v) is 20.4. The molecule has 0 unspecified atom stereocenters. The molecule has 0 aromatic carbocycles. The van der Waals surface area contributed by atoms with Crippen molar-refractivity contribution in [2.45, 2.75) is 91.5 Å². The van der Waals surface area contributed by atoms with E-state index in [2.05, 4.69) is 0 Å². The Kier molecular flexibility index (Phi) is 8.94. The first-order valence-electron chi connectivity index (χ1n) is 10.9. The summed E-state index contributed by atoms with van der Waals surface area (Å²) in [7, 11) is 0. The molecule has 2 N–H and O–H groups in total. The van der Waals surface area contributed by atoms with Gasteiger partial charge in [0, 0.05) is 13.1 Å². The number of rotatable bonds is 2. The van der Waals surface area contributed by atoms with Crippen molar-refractivity contribution in [3.63, 3.8) is 0 Å². The minimum Gasteiger partial charge on any atom is -0.480 e. The lowest BCUT2D eigenvalue weighted by atomic mass is 10.1. The first-order valence-corrected chi connectivity index (χ1v) is 10.9. The number of hydrogen-bond acceptors (Lipinski definition) is 6. The number of carbonyl (C=O) groups is 4. The van der Waals surface area contributed by atoms with Crippen molar-refractivity contribution in [2.75, 3.05) is 13.1 Å². The van der Waals surface area contributed by atoms with Crippen LogP contribution in [0, 0.1) is 11.8 Å². The van der Waals surface area contributed by atoms with Crippen molar-refractivity contribution in [1.82, 2.24) is 9.80 Å². The van der Waals surface area contributed by atoms with Crippen molar-refractivity contribution >= 4 is 24.1 Å². The summed E-state index contributed by atoms with van der Waals surface area (Å²) in [6.07, 6.45) is -0.0862. The summed E-state index contributed by atoms with van der Waals surface area (Å²) in [6, 6.07) is -1.49. The van der Waals surface area contributed by atoms with E-state index in [9.17, 15) is 19.2 Å². The Morgan fingerprint density at radius 3 is 1.19 bits per heavy atom. The third-order valence-corrected chi connectivity index (χ3v) is 4.85. The third kappa shape index (κ3) is 8.55. The van der Waals surface area contributed by atoms with E-state index < -0.39 is 47.4 Å². The molecule has 2 fully saturated rings. The average Bonchev–Trinajstić information content (AvgIpc) is 3.15. The summed E-state index contributed by atoms with van der Waals surface area (Å²) in [5, 5.41) is 18.0. The molecule has 0 aromatic rings. The Balaban J connectivity index is 0.000000320.